The van der Waals surface area contributed by atoms with Crippen LogP contribution in [0.2, 0.25) is 0 Å². The van der Waals surface area contributed by atoms with Crippen molar-refractivity contribution in [1.82, 2.24) is 10.1 Å². The third-order valence-electron chi connectivity index (χ3n) is 4.03. The zero-order valence-corrected chi connectivity index (χ0v) is 12.7. The van der Waals surface area contributed by atoms with Gasteiger partial charge in [-0.3, -0.25) is 9.59 Å². The lowest BCUT2D eigenvalue weighted by atomic mass is 9.94. The van der Waals surface area contributed by atoms with E-state index in [0.29, 0.717) is 5.82 Å². The first-order valence-electron chi connectivity index (χ1n) is 7.79. The molecule has 1 aliphatic rings. The number of anilines is 1. The average Bonchev–Trinajstić information content (AvgIpc) is 3.26. The summed E-state index contributed by atoms with van der Waals surface area (Å²) in [5.41, 5.74) is 0. The summed E-state index contributed by atoms with van der Waals surface area (Å²) in [5, 5.41) is 6.27. The fraction of sp³-hybridized carbons (Fsp3) is 0.438. The molecule has 1 N–H and O–H groups in total. The summed E-state index contributed by atoms with van der Waals surface area (Å²) in [7, 11) is 0. The van der Waals surface area contributed by atoms with Gasteiger partial charge in [0.05, 0.1) is 6.26 Å². The molecule has 1 fully saturated rings. The van der Waals surface area contributed by atoms with Gasteiger partial charge in [0.25, 0.3) is 5.91 Å². The zero-order chi connectivity index (χ0) is 16.1. The van der Waals surface area contributed by atoms with Crippen LogP contribution in [-0.2, 0) is 4.79 Å². The van der Waals surface area contributed by atoms with Gasteiger partial charge in [-0.2, -0.15) is 0 Å². The van der Waals surface area contributed by atoms with Crippen LogP contribution in [-0.4, -0.2) is 34.5 Å². The average molecular weight is 317 g/mol. The minimum atomic E-state index is -0.302. The second kappa shape index (κ2) is 7.13. The van der Waals surface area contributed by atoms with E-state index in [4.69, 9.17) is 4.42 Å². The molecule has 0 aliphatic heterocycles. The second-order valence-corrected chi connectivity index (χ2v) is 5.64. The van der Waals surface area contributed by atoms with Gasteiger partial charge < -0.3 is 19.2 Å². The van der Waals surface area contributed by atoms with E-state index in [2.05, 4.69) is 15.0 Å². The molecule has 2 aromatic heterocycles. The highest BCUT2D eigenvalue weighted by molar-refractivity contribution is 5.97. The van der Waals surface area contributed by atoms with Crippen molar-refractivity contribution >= 4 is 17.6 Å². The lowest BCUT2D eigenvalue weighted by molar-refractivity contribution is -0.117. The molecule has 0 spiro atoms. The molecule has 3 rings (SSSR count). The number of nitrogens with zero attached hydrogens (tertiary/aromatic N) is 2. The van der Waals surface area contributed by atoms with Gasteiger partial charge in [-0.15, -0.1) is 0 Å². The van der Waals surface area contributed by atoms with E-state index in [1.54, 1.807) is 23.1 Å². The molecule has 23 heavy (non-hydrogen) atoms. The predicted molar refractivity (Wildman–Crippen MR) is 81.8 cm³/mol. The topological polar surface area (TPSA) is 88.6 Å². The lowest BCUT2D eigenvalue weighted by Gasteiger charge is -2.33. The van der Waals surface area contributed by atoms with Gasteiger partial charge in [-0.1, -0.05) is 24.4 Å². The number of nitrogens with one attached hydrogen (secondary N) is 1. The molecule has 0 atom stereocenters. The van der Waals surface area contributed by atoms with Crippen LogP contribution in [0.3, 0.4) is 0 Å². The van der Waals surface area contributed by atoms with Gasteiger partial charge in [0.15, 0.2) is 11.6 Å². The molecule has 1 aliphatic carbocycles. The highest BCUT2D eigenvalue weighted by Crippen LogP contribution is 2.24. The molecule has 0 saturated heterocycles. The zero-order valence-electron chi connectivity index (χ0n) is 12.7. The van der Waals surface area contributed by atoms with Crippen molar-refractivity contribution in [2.45, 2.75) is 38.1 Å². The van der Waals surface area contributed by atoms with Crippen LogP contribution in [0.4, 0.5) is 5.82 Å². The molecule has 2 amide bonds. The third kappa shape index (κ3) is 3.80. The fourth-order valence-electron chi connectivity index (χ4n) is 2.92. The Morgan fingerprint density at radius 1 is 1.22 bits per heavy atom. The Morgan fingerprint density at radius 3 is 2.70 bits per heavy atom. The van der Waals surface area contributed by atoms with Gasteiger partial charge in [-0.05, 0) is 25.0 Å². The summed E-state index contributed by atoms with van der Waals surface area (Å²) in [4.78, 5) is 26.5. The number of carbonyl (C=O) groups excluding carboxylic acids is 2. The first-order valence-corrected chi connectivity index (χ1v) is 7.79. The Kier molecular flexibility index (Phi) is 4.75. The van der Waals surface area contributed by atoms with Crippen LogP contribution in [0, 0.1) is 0 Å². The molecule has 7 nitrogen and oxygen atoms in total. The Hall–Kier alpha value is -2.57. The maximum atomic E-state index is 12.7. The molecule has 0 unspecified atom stereocenters. The fourth-order valence-corrected chi connectivity index (χ4v) is 2.92. The maximum absolute atomic E-state index is 12.7. The van der Waals surface area contributed by atoms with Crippen LogP contribution < -0.4 is 5.32 Å². The standard InChI is InChI=1S/C16H19N3O4/c20-15(17-14-8-10-23-18-14)11-19(12-5-2-1-3-6-12)16(21)13-7-4-9-22-13/h4,7-10,12H,1-3,5-6,11H2,(H,17,18,20). The van der Waals surface area contributed by atoms with Gasteiger partial charge in [0.1, 0.15) is 12.8 Å². The monoisotopic (exact) mass is 317 g/mol. The van der Waals surface area contributed by atoms with E-state index in [1.807, 2.05) is 0 Å². The Labute approximate surface area is 133 Å². The number of hydrogen-bond acceptors (Lipinski definition) is 5. The SMILES string of the molecule is O=C(CN(C(=O)c1ccco1)C1CCCCC1)Nc1ccon1. The minimum Gasteiger partial charge on any atom is -0.459 e. The number of rotatable bonds is 5. The lowest BCUT2D eigenvalue weighted by Crippen LogP contribution is -2.45. The highest BCUT2D eigenvalue weighted by atomic mass is 16.5. The number of carbonyl (C=O) groups is 2. The van der Waals surface area contributed by atoms with Crippen LogP contribution in [0.1, 0.15) is 42.7 Å². The molecule has 0 bridgehead atoms. The van der Waals surface area contributed by atoms with E-state index < -0.39 is 0 Å². The van der Waals surface area contributed by atoms with Crippen LogP contribution >= 0.6 is 0 Å². The largest absolute Gasteiger partial charge is 0.459 e. The molecule has 1 saturated carbocycles. The van der Waals surface area contributed by atoms with Crippen molar-refractivity contribution in [3.05, 3.63) is 36.5 Å². The van der Waals surface area contributed by atoms with Gasteiger partial charge in [-0.25, -0.2) is 0 Å². The van der Waals surface area contributed by atoms with E-state index in [-0.39, 0.29) is 30.2 Å². The number of hydrogen-bond donors (Lipinski definition) is 1. The van der Waals surface area contributed by atoms with Crippen LogP contribution in [0.25, 0.3) is 0 Å². The predicted octanol–water partition coefficient (Wildman–Crippen LogP) is 2.68. The molecular weight excluding hydrogens is 298 g/mol. The highest BCUT2D eigenvalue weighted by Gasteiger charge is 2.29. The van der Waals surface area contributed by atoms with E-state index in [1.165, 1.54) is 18.9 Å². The maximum Gasteiger partial charge on any atom is 0.290 e. The number of aromatic nitrogens is 1. The molecule has 0 radical (unpaired) electrons. The smallest absolute Gasteiger partial charge is 0.290 e. The van der Waals surface area contributed by atoms with Crippen molar-refractivity contribution in [2.75, 3.05) is 11.9 Å². The third-order valence-corrected chi connectivity index (χ3v) is 4.03. The normalized spacial score (nSPS) is 15.3. The summed E-state index contributed by atoms with van der Waals surface area (Å²) in [6.07, 6.45) is 7.96. The quantitative estimate of drug-likeness (QED) is 0.916. The van der Waals surface area contributed by atoms with Crippen LogP contribution in [0.5, 0.6) is 0 Å². The second-order valence-electron chi connectivity index (χ2n) is 5.64. The molecule has 2 heterocycles. The van der Waals surface area contributed by atoms with E-state index >= 15 is 0 Å². The first-order chi connectivity index (χ1) is 11.2. The van der Waals surface area contributed by atoms with Crippen molar-refractivity contribution < 1.29 is 18.5 Å². The molecule has 122 valence electrons. The first kappa shape index (κ1) is 15.3. The minimum absolute atomic E-state index is 0.0307. The van der Waals surface area contributed by atoms with Crippen molar-refractivity contribution in [2.24, 2.45) is 0 Å². The molecule has 2 aromatic rings. The Morgan fingerprint density at radius 2 is 2.04 bits per heavy atom. The van der Waals surface area contributed by atoms with Gasteiger partial charge in [0.2, 0.25) is 5.91 Å². The number of furan rings is 1. The van der Waals surface area contributed by atoms with Crippen LogP contribution in [0.15, 0.2) is 39.7 Å². The van der Waals surface area contributed by atoms with E-state index in [9.17, 15) is 9.59 Å². The number of amides is 2. The van der Waals surface area contributed by atoms with Crippen molar-refractivity contribution in [3.63, 3.8) is 0 Å². The summed E-state index contributed by atoms with van der Waals surface area (Å²) in [5.74, 6) is 0.0374. The molecular formula is C16H19N3O4. The van der Waals surface area contributed by atoms with E-state index in [0.717, 1.165) is 25.7 Å². The Balaban J connectivity index is 1.71. The molecule has 7 heteroatoms. The summed E-state index contributed by atoms with van der Waals surface area (Å²) < 4.78 is 9.89. The van der Waals surface area contributed by atoms with Crippen molar-refractivity contribution in [1.29, 1.82) is 0 Å². The summed E-state index contributed by atoms with van der Waals surface area (Å²) in [6, 6.07) is 4.90. The summed E-state index contributed by atoms with van der Waals surface area (Å²) >= 11 is 0. The Bertz CT molecular complexity index is 630. The van der Waals surface area contributed by atoms with Gasteiger partial charge in [0, 0.05) is 12.1 Å². The van der Waals surface area contributed by atoms with Gasteiger partial charge >= 0.3 is 0 Å². The summed E-state index contributed by atoms with van der Waals surface area (Å²) in [6.45, 7) is -0.0307. The van der Waals surface area contributed by atoms with Crippen molar-refractivity contribution in [3.8, 4) is 0 Å². The molecule has 0 aromatic carbocycles.